The van der Waals surface area contributed by atoms with Gasteiger partial charge in [0.05, 0.1) is 49.5 Å². The zero-order chi connectivity index (χ0) is 35.4. The molecule has 0 unspecified atom stereocenters. The summed E-state index contributed by atoms with van der Waals surface area (Å²) < 4.78 is 98.0. The van der Waals surface area contributed by atoms with Gasteiger partial charge in [-0.1, -0.05) is 6.07 Å². The zero-order valence-electron chi connectivity index (χ0n) is 27.2. The number of pyridine rings is 1. The number of methoxy groups -OCH3 is 2. The van der Waals surface area contributed by atoms with Gasteiger partial charge in [-0.3, -0.25) is 9.69 Å². The molecule has 1 aliphatic carbocycles. The minimum atomic E-state index is -5.05. The lowest BCUT2D eigenvalue weighted by atomic mass is 9.71. The number of aryl methyl sites for hydroxylation is 1. The predicted octanol–water partition coefficient (Wildman–Crippen LogP) is 8.06. The van der Waals surface area contributed by atoms with Gasteiger partial charge in [0, 0.05) is 24.2 Å². The summed E-state index contributed by atoms with van der Waals surface area (Å²) in [5, 5.41) is 0. The minimum absolute atomic E-state index is 0.0453. The third kappa shape index (κ3) is 6.61. The molecule has 49 heavy (non-hydrogen) atoms. The molecule has 1 aromatic heterocycles. The first-order chi connectivity index (χ1) is 23.1. The quantitative estimate of drug-likeness (QED) is 0.175. The van der Waals surface area contributed by atoms with E-state index in [-0.39, 0.29) is 30.4 Å². The molecule has 3 aliphatic rings. The van der Waals surface area contributed by atoms with Crippen molar-refractivity contribution in [3.8, 4) is 16.9 Å². The second-order valence-corrected chi connectivity index (χ2v) is 12.8. The van der Waals surface area contributed by atoms with E-state index in [9.17, 15) is 35.9 Å². The van der Waals surface area contributed by atoms with Crippen molar-refractivity contribution in [2.75, 3.05) is 32.2 Å². The Morgan fingerprint density at radius 1 is 0.959 bits per heavy atom. The fourth-order valence-corrected chi connectivity index (χ4v) is 6.80. The maximum Gasteiger partial charge on any atom is 0.416 e. The fourth-order valence-electron chi connectivity index (χ4n) is 6.80. The molecule has 0 bridgehead atoms. The standard InChI is InChI=1S/C35H35F6N3O5/c1-18-10-29(43-8-5-9-43)42-27(30(18)26-15-20(6-7-28(26)47-3)21-11-23(12-21)32(45)48-4)17-44-19(2)31(49-33(44)46)22-13-24(34(36,37)38)16-25(14-22)35(39,40)41/h6-7,10,13-16,19,21,23,31H,5,8-9,11-12,17H2,1-4H3/t19-,21-,23-,31-/m0/s1. The van der Waals surface area contributed by atoms with Crippen LogP contribution in [0, 0.1) is 12.8 Å². The normalized spacial score (nSPS) is 22.4. The Bertz CT molecular complexity index is 1740. The first kappa shape index (κ1) is 34.4. The van der Waals surface area contributed by atoms with E-state index in [1.54, 1.807) is 0 Å². The lowest BCUT2D eigenvalue weighted by molar-refractivity contribution is -0.149. The Hall–Kier alpha value is -4.49. The Labute approximate surface area is 278 Å². The highest BCUT2D eigenvalue weighted by molar-refractivity contribution is 5.79. The van der Waals surface area contributed by atoms with E-state index >= 15 is 0 Å². The number of nitrogens with zero attached hydrogens (tertiary/aromatic N) is 3. The molecule has 6 rings (SSSR count). The number of esters is 1. The second-order valence-electron chi connectivity index (χ2n) is 12.8. The number of halogens is 6. The van der Waals surface area contributed by atoms with Crippen LogP contribution in [0.4, 0.5) is 37.0 Å². The molecule has 14 heteroatoms. The number of amides is 1. The lowest BCUT2D eigenvalue weighted by Crippen LogP contribution is -2.38. The van der Waals surface area contributed by atoms with Crippen LogP contribution in [0.5, 0.6) is 5.75 Å². The maximum absolute atomic E-state index is 13.7. The van der Waals surface area contributed by atoms with Gasteiger partial charge in [0.25, 0.3) is 0 Å². The first-order valence-corrected chi connectivity index (χ1v) is 15.9. The van der Waals surface area contributed by atoms with Crippen LogP contribution in [0.1, 0.15) is 71.7 Å². The van der Waals surface area contributed by atoms with Crippen molar-refractivity contribution in [3.05, 3.63) is 76.0 Å². The van der Waals surface area contributed by atoms with E-state index in [0.717, 1.165) is 30.6 Å². The number of carbonyl (C=O) groups excluding carboxylic acids is 2. The molecule has 8 nitrogen and oxygen atoms in total. The van der Waals surface area contributed by atoms with Crippen LogP contribution in [0.15, 0.2) is 42.5 Å². The zero-order valence-corrected chi connectivity index (χ0v) is 27.2. The van der Waals surface area contributed by atoms with Crippen molar-refractivity contribution in [3.63, 3.8) is 0 Å². The van der Waals surface area contributed by atoms with Crippen LogP contribution < -0.4 is 9.64 Å². The average Bonchev–Trinajstić information content (AvgIpc) is 3.26. The van der Waals surface area contributed by atoms with Gasteiger partial charge < -0.3 is 19.1 Å². The molecule has 2 aliphatic heterocycles. The molecule has 0 radical (unpaired) electrons. The van der Waals surface area contributed by atoms with Crippen LogP contribution in [-0.2, 0) is 33.2 Å². The van der Waals surface area contributed by atoms with Gasteiger partial charge in [-0.25, -0.2) is 9.78 Å². The molecular formula is C35H35F6N3O5. The van der Waals surface area contributed by atoms with Crippen LogP contribution in [0.3, 0.4) is 0 Å². The molecule has 0 spiro atoms. The number of aromatic nitrogens is 1. The number of rotatable bonds is 8. The Balaban J connectivity index is 1.38. The van der Waals surface area contributed by atoms with Gasteiger partial charge in [0.1, 0.15) is 17.7 Å². The van der Waals surface area contributed by atoms with Crippen molar-refractivity contribution in [2.45, 2.75) is 70.1 Å². The van der Waals surface area contributed by atoms with E-state index in [0.29, 0.717) is 53.4 Å². The number of carbonyl (C=O) groups is 2. The number of hydrogen-bond donors (Lipinski definition) is 0. The Kier molecular flexibility index (Phi) is 8.95. The largest absolute Gasteiger partial charge is 0.496 e. The van der Waals surface area contributed by atoms with Crippen LogP contribution in [-0.4, -0.2) is 55.3 Å². The third-order valence-electron chi connectivity index (χ3n) is 9.75. The molecule has 2 saturated heterocycles. The highest BCUT2D eigenvalue weighted by Crippen LogP contribution is 2.46. The molecular weight excluding hydrogens is 656 g/mol. The molecule has 3 aromatic rings. The number of benzene rings is 2. The number of alkyl halides is 6. The first-order valence-electron chi connectivity index (χ1n) is 15.9. The maximum atomic E-state index is 13.7. The van der Waals surface area contributed by atoms with E-state index in [1.165, 1.54) is 26.0 Å². The molecule has 262 valence electrons. The van der Waals surface area contributed by atoms with Gasteiger partial charge in [-0.2, -0.15) is 26.3 Å². The van der Waals surface area contributed by atoms with E-state index in [4.69, 9.17) is 19.2 Å². The Morgan fingerprint density at radius 2 is 1.61 bits per heavy atom. The van der Waals surface area contributed by atoms with Crippen molar-refractivity contribution in [1.82, 2.24) is 9.88 Å². The average molecular weight is 692 g/mol. The van der Waals surface area contributed by atoms with E-state index in [2.05, 4.69) is 4.90 Å². The lowest BCUT2D eigenvalue weighted by Gasteiger charge is -2.34. The summed E-state index contributed by atoms with van der Waals surface area (Å²) in [6.45, 7) is 4.86. The predicted molar refractivity (Wildman–Crippen MR) is 166 cm³/mol. The smallest absolute Gasteiger partial charge is 0.416 e. The van der Waals surface area contributed by atoms with Crippen LogP contribution in [0.2, 0.25) is 0 Å². The molecule has 1 amide bonds. The van der Waals surface area contributed by atoms with Gasteiger partial charge in [0.2, 0.25) is 0 Å². The number of cyclic esters (lactones) is 1. The molecule has 0 N–H and O–H groups in total. The van der Waals surface area contributed by atoms with Gasteiger partial charge in [-0.15, -0.1) is 0 Å². The second kappa shape index (κ2) is 12.8. The van der Waals surface area contributed by atoms with Gasteiger partial charge >= 0.3 is 24.4 Å². The highest BCUT2D eigenvalue weighted by Gasteiger charge is 2.44. The van der Waals surface area contributed by atoms with Crippen LogP contribution >= 0.6 is 0 Å². The summed E-state index contributed by atoms with van der Waals surface area (Å²) in [4.78, 5) is 33.7. The van der Waals surface area contributed by atoms with E-state index < -0.39 is 47.3 Å². The molecule has 2 aromatic carbocycles. The van der Waals surface area contributed by atoms with Crippen molar-refractivity contribution in [1.29, 1.82) is 0 Å². The summed E-state index contributed by atoms with van der Waals surface area (Å²) in [6, 6.07) is 7.96. The highest BCUT2D eigenvalue weighted by atomic mass is 19.4. The number of hydrogen-bond acceptors (Lipinski definition) is 7. The fraction of sp³-hybridized carbons (Fsp3) is 0.457. The van der Waals surface area contributed by atoms with Gasteiger partial charge in [0.15, 0.2) is 0 Å². The van der Waals surface area contributed by atoms with Gasteiger partial charge in [-0.05, 0) is 92.1 Å². The van der Waals surface area contributed by atoms with Crippen LogP contribution in [0.25, 0.3) is 11.1 Å². The molecule has 1 saturated carbocycles. The molecule has 3 fully saturated rings. The van der Waals surface area contributed by atoms with E-state index in [1.807, 2.05) is 31.2 Å². The van der Waals surface area contributed by atoms with Crippen molar-refractivity contribution >= 4 is 17.9 Å². The number of ether oxygens (including phenoxy) is 3. The number of anilines is 1. The monoisotopic (exact) mass is 691 g/mol. The summed E-state index contributed by atoms with van der Waals surface area (Å²) in [5.41, 5.74) is 0.247. The minimum Gasteiger partial charge on any atom is -0.496 e. The van der Waals surface area contributed by atoms with Crippen molar-refractivity contribution in [2.24, 2.45) is 5.92 Å². The summed E-state index contributed by atoms with van der Waals surface area (Å²) in [7, 11) is 2.89. The van der Waals surface area contributed by atoms with Crippen molar-refractivity contribution < 1.29 is 50.1 Å². The molecule has 2 atom stereocenters. The molecule has 3 heterocycles. The SMILES string of the molecule is COc1ccc([C@H]2C[C@H](C(=O)OC)C2)cc1-c1c(C)cc(N2CCC2)nc1CN1C(=O)O[C@H](c2cc(C(F)(F)F)cc(C(F)(F)F)c2)[C@@H]1C. The summed E-state index contributed by atoms with van der Waals surface area (Å²) >= 11 is 0. The summed E-state index contributed by atoms with van der Waals surface area (Å²) in [6.07, 6.45) is -10.2. The topological polar surface area (TPSA) is 81.2 Å². The Morgan fingerprint density at radius 3 is 2.16 bits per heavy atom. The summed E-state index contributed by atoms with van der Waals surface area (Å²) in [5.74, 6) is 0.888. The third-order valence-corrected chi connectivity index (χ3v) is 9.75.